The lowest BCUT2D eigenvalue weighted by Crippen LogP contribution is -2.64. The van der Waals surface area contributed by atoms with Gasteiger partial charge in [-0.3, -0.25) is 19.2 Å². The summed E-state index contributed by atoms with van der Waals surface area (Å²) in [6, 6.07) is 0. The summed E-state index contributed by atoms with van der Waals surface area (Å²) in [6.07, 6.45) is 6.59. The second kappa shape index (κ2) is 12.8. The van der Waals surface area contributed by atoms with Gasteiger partial charge in [0.25, 0.3) is 0 Å². The van der Waals surface area contributed by atoms with Crippen LogP contribution in [0.1, 0.15) is 140 Å². The number of piperidine rings is 2. The highest BCUT2D eigenvalue weighted by Crippen LogP contribution is 2.41. The number of hydrogen-bond acceptors (Lipinski definition) is 6. The van der Waals surface area contributed by atoms with Gasteiger partial charge in [-0.15, -0.1) is 0 Å². The van der Waals surface area contributed by atoms with Gasteiger partial charge in [0.2, 0.25) is 11.8 Å². The zero-order valence-corrected chi connectivity index (χ0v) is 27.1. The zero-order valence-electron chi connectivity index (χ0n) is 27.1. The van der Waals surface area contributed by atoms with Crippen molar-refractivity contribution in [1.29, 1.82) is 0 Å². The van der Waals surface area contributed by atoms with Gasteiger partial charge in [-0.1, -0.05) is 39.0 Å². The van der Waals surface area contributed by atoms with Crippen molar-refractivity contribution in [3.05, 3.63) is 0 Å². The first-order valence-electron chi connectivity index (χ1n) is 15.3. The standard InChI is InChI=1S/C32H56N2O6/c1-12-13-14-15-16-17-26(27(37)39-24-18-29(4,5)33(22(2)35)30(6,7)19-24)28(38)40-25-20-31(8,9)34(23(3)36)32(10,11)21-25/h24-26H,12-21H2,1-11H3. The van der Waals surface area contributed by atoms with Crippen molar-refractivity contribution in [2.45, 2.75) is 175 Å². The number of carbonyl (C=O) groups is 4. The maximum Gasteiger partial charge on any atom is 0.320 e. The molecular formula is C32H56N2O6. The van der Waals surface area contributed by atoms with Gasteiger partial charge < -0.3 is 19.3 Å². The molecule has 2 heterocycles. The molecule has 0 unspecified atom stereocenters. The van der Waals surface area contributed by atoms with E-state index in [9.17, 15) is 19.2 Å². The van der Waals surface area contributed by atoms with Crippen LogP contribution in [0, 0.1) is 5.92 Å². The Hall–Kier alpha value is -2.12. The second-order valence-corrected chi connectivity index (χ2v) is 14.6. The number of rotatable bonds is 10. The Labute approximate surface area is 242 Å². The number of ether oxygens (including phenoxy) is 2. The van der Waals surface area contributed by atoms with E-state index in [4.69, 9.17) is 9.47 Å². The summed E-state index contributed by atoms with van der Waals surface area (Å²) < 4.78 is 12.1. The molecule has 0 aromatic heterocycles. The van der Waals surface area contributed by atoms with Crippen LogP contribution in [0.3, 0.4) is 0 Å². The van der Waals surface area contributed by atoms with Gasteiger partial charge in [0, 0.05) is 61.7 Å². The Kier molecular flexibility index (Phi) is 10.9. The normalized spacial score (nSPS) is 22.2. The Morgan fingerprint density at radius 1 is 0.625 bits per heavy atom. The van der Waals surface area contributed by atoms with Gasteiger partial charge in [-0.2, -0.15) is 0 Å². The molecule has 0 aliphatic carbocycles. The third-order valence-corrected chi connectivity index (χ3v) is 8.69. The Balaban J connectivity index is 2.20. The molecule has 8 heteroatoms. The average molecular weight is 565 g/mol. The minimum absolute atomic E-state index is 0.00465. The summed E-state index contributed by atoms with van der Waals surface area (Å²) in [7, 11) is 0. The SMILES string of the molecule is CCCCCCCC(C(=O)OC1CC(C)(C)N(C(C)=O)C(C)(C)C1)C(=O)OC1CC(C)(C)N(C(C)=O)C(C)(C)C1. The number of unbranched alkanes of at least 4 members (excludes halogenated alkanes) is 4. The van der Waals surface area contributed by atoms with E-state index in [0.717, 1.165) is 32.1 Å². The maximum absolute atomic E-state index is 13.6. The topological polar surface area (TPSA) is 93.2 Å². The van der Waals surface area contributed by atoms with Crippen molar-refractivity contribution >= 4 is 23.8 Å². The van der Waals surface area contributed by atoms with Gasteiger partial charge in [-0.05, 0) is 61.8 Å². The monoisotopic (exact) mass is 564 g/mol. The van der Waals surface area contributed by atoms with Crippen LogP contribution in [0.4, 0.5) is 0 Å². The summed E-state index contributed by atoms with van der Waals surface area (Å²) in [6.45, 7) is 21.2. The number of esters is 2. The summed E-state index contributed by atoms with van der Waals surface area (Å²) in [5.41, 5.74) is -1.96. The van der Waals surface area contributed by atoms with Crippen LogP contribution in [0.5, 0.6) is 0 Å². The van der Waals surface area contributed by atoms with Crippen LogP contribution >= 0.6 is 0 Å². The molecule has 0 aromatic carbocycles. The molecule has 0 spiro atoms. The van der Waals surface area contributed by atoms with E-state index < -0.39 is 52.2 Å². The first-order chi connectivity index (χ1) is 18.2. The smallest absolute Gasteiger partial charge is 0.320 e. The molecule has 2 fully saturated rings. The molecule has 0 bridgehead atoms. The van der Waals surface area contributed by atoms with E-state index in [1.54, 1.807) is 13.8 Å². The first kappa shape index (κ1) is 34.1. The van der Waals surface area contributed by atoms with E-state index in [1.165, 1.54) is 0 Å². The van der Waals surface area contributed by atoms with Crippen molar-refractivity contribution < 1.29 is 28.7 Å². The fourth-order valence-corrected chi connectivity index (χ4v) is 8.03. The zero-order chi connectivity index (χ0) is 30.7. The fourth-order valence-electron chi connectivity index (χ4n) is 8.03. The van der Waals surface area contributed by atoms with Crippen molar-refractivity contribution in [1.82, 2.24) is 9.80 Å². The molecular weight excluding hydrogens is 508 g/mol. The molecule has 0 N–H and O–H groups in total. The van der Waals surface area contributed by atoms with Crippen molar-refractivity contribution in [2.75, 3.05) is 0 Å². The predicted molar refractivity (Wildman–Crippen MR) is 156 cm³/mol. The molecule has 2 saturated heterocycles. The molecule has 0 aromatic rings. The van der Waals surface area contributed by atoms with E-state index in [2.05, 4.69) is 6.92 Å². The molecule has 0 radical (unpaired) electrons. The van der Waals surface area contributed by atoms with Crippen LogP contribution < -0.4 is 0 Å². The Morgan fingerprint density at radius 3 is 1.25 bits per heavy atom. The van der Waals surface area contributed by atoms with Crippen LogP contribution in [-0.4, -0.2) is 67.9 Å². The molecule has 2 rings (SSSR count). The quantitative estimate of drug-likeness (QED) is 0.179. The number of carbonyl (C=O) groups excluding carboxylic acids is 4. The molecule has 0 saturated carbocycles. The number of amides is 2. The minimum atomic E-state index is -0.990. The second-order valence-electron chi connectivity index (χ2n) is 14.6. The van der Waals surface area contributed by atoms with Gasteiger partial charge in [-0.25, -0.2) is 0 Å². The van der Waals surface area contributed by atoms with Gasteiger partial charge >= 0.3 is 11.9 Å². The van der Waals surface area contributed by atoms with E-state index >= 15 is 0 Å². The third kappa shape index (κ3) is 8.22. The van der Waals surface area contributed by atoms with E-state index in [0.29, 0.717) is 32.1 Å². The Morgan fingerprint density at radius 2 is 0.950 bits per heavy atom. The highest BCUT2D eigenvalue weighted by molar-refractivity contribution is 5.95. The van der Waals surface area contributed by atoms with Crippen LogP contribution in [0.25, 0.3) is 0 Å². The number of hydrogen-bond donors (Lipinski definition) is 0. The van der Waals surface area contributed by atoms with Gasteiger partial charge in [0.05, 0.1) is 0 Å². The fraction of sp³-hybridized carbons (Fsp3) is 0.875. The lowest BCUT2D eigenvalue weighted by molar-refractivity contribution is -0.179. The number of nitrogens with zero attached hydrogens (tertiary/aromatic N) is 2. The predicted octanol–water partition coefficient (Wildman–Crippen LogP) is 6.19. The van der Waals surface area contributed by atoms with Crippen molar-refractivity contribution in [3.8, 4) is 0 Å². The maximum atomic E-state index is 13.6. The molecule has 0 atom stereocenters. The highest BCUT2D eigenvalue weighted by atomic mass is 16.6. The number of likely N-dealkylation sites (tertiary alicyclic amines) is 2. The lowest BCUT2D eigenvalue weighted by Gasteiger charge is -2.54. The van der Waals surface area contributed by atoms with E-state index in [1.807, 2.05) is 65.2 Å². The molecule has 2 amide bonds. The summed E-state index contributed by atoms with van der Waals surface area (Å²) in [5.74, 6) is -2.07. The Bertz CT molecular complexity index is 834. The third-order valence-electron chi connectivity index (χ3n) is 8.69. The summed E-state index contributed by atoms with van der Waals surface area (Å²) in [5, 5.41) is 0. The van der Waals surface area contributed by atoms with Crippen molar-refractivity contribution in [2.24, 2.45) is 5.92 Å². The largest absolute Gasteiger partial charge is 0.462 e. The van der Waals surface area contributed by atoms with E-state index in [-0.39, 0.29) is 11.8 Å². The van der Waals surface area contributed by atoms with Crippen LogP contribution in [-0.2, 0) is 28.7 Å². The molecule has 230 valence electrons. The lowest BCUT2D eigenvalue weighted by atomic mass is 9.78. The van der Waals surface area contributed by atoms with Crippen molar-refractivity contribution in [3.63, 3.8) is 0 Å². The average Bonchev–Trinajstić information content (AvgIpc) is 2.71. The molecule has 8 nitrogen and oxygen atoms in total. The van der Waals surface area contributed by atoms with Crippen LogP contribution in [0.15, 0.2) is 0 Å². The molecule has 2 aliphatic heterocycles. The first-order valence-corrected chi connectivity index (χ1v) is 15.3. The van der Waals surface area contributed by atoms with Gasteiger partial charge in [0.1, 0.15) is 12.2 Å². The summed E-state index contributed by atoms with van der Waals surface area (Å²) in [4.78, 5) is 55.8. The van der Waals surface area contributed by atoms with Gasteiger partial charge in [0.15, 0.2) is 5.92 Å². The highest BCUT2D eigenvalue weighted by Gasteiger charge is 2.50. The molecule has 40 heavy (non-hydrogen) atoms. The summed E-state index contributed by atoms with van der Waals surface area (Å²) >= 11 is 0. The van der Waals surface area contributed by atoms with Crippen LogP contribution in [0.2, 0.25) is 0 Å². The molecule has 2 aliphatic rings. The minimum Gasteiger partial charge on any atom is -0.462 e.